The van der Waals surface area contributed by atoms with Crippen molar-refractivity contribution in [3.63, 3.8) is 0 Å². The van der Waals surface area contributed by atoms with Crippen LogP contribution in [0, 0.1) is 10.1 Å². The molecule has 0 saturated carbocycles. The Bertz CT molecular complexity index is 1090. The fraction of sp³-hybridized carbons (Fsp3) is 0.0556. The Morgan fingerprint density at radius 1 is 1.21 bits per heavy atom. The van der Waals surface area contributed by atoms with Crippen molar-refractivity contribution in [3.05, 3.63) is 74.5 Å². The molecule has 3 rings (SSSR count). The summed E-state index contributed by atoms with van der Waals surface area (Å²) in [4.78, 5) is 29.9. The Labute approximate surface area is 168 Å². The summed E-state index contributed by atoms with van der Waals surface area (Å²) in [6, 6.07) is 10.4. The lowest BCUT2D eigenvalue weighted by molar-refractivity contribution is -0.384. The van der Waals surface area contributed by atoms with E-state index in [2.05, 4.69) is 9.98 Å². The van der Waals surface area contributed by atoms with Gasteiger partial charge in [-0.3, -0.25) is 10.1 Å². The molecule has 2 aromatic carbocycles. The monoisotopic (exact) mass is 419 g/mol. The molecule has 142 valence electrons. The Kier molecular flexibility index (Phi) is 5.72. The first-order valence-electron chi connectivity index (χ1n) is 7.78. The number of nitro benzene ring substituents is 1. The number of carboxylic acids is 1. The van der Waals surface area contributed by atoms with E-state index in [0.29, 0.717) is 26.9 Å². The van der Waals surface area contributed by atoms with Gasteiger partial charge in [-0.05, 0) is 17.7 Å². The number of nitro groups is 1. The van der Waals surface area contributed by atoms with E-state index in [1.807, 2.05) is 0 Å². The van der Waals surface area contributed by atoms with Crippen LogP contribution < -0.4 is 0 Å². The van der Waals surface area contributed by atoms with Crippen molar-refractivity contribution >= 4 is 46.6 Å². The summed E-state index contributed by atoms with van der Waals surface area (Å²) in [6.45, 7) is 0. The number of halogens is 2. The molecule has 0 saturated heterocycles. The van der Waals surface area contributed by atoms with Gasteiger partial charge >= 0.3 is 12.0 Å². The van der Waals surface area contributed by atoms with Crippen LogP contribution in [0.5, 0.6) is 0 Å². The average Bonchev–Trinajstić information content (AvgIpc) is 3.12. The molecule has 1 aromatic heterocycles. The first-order valence-corrected chi connectivity index (χ1v) is 8.54. The molecule has 0 atom stereocenters. The molecule has 8 nitrogen and oxygen atoms in total. The number of aliphatic carboxylic acids is 1. The van der Waals surface area contributed by atoms with Gasteiger partial charge in [0.25, 0.3) is 5.69 Å². The Morgan fingerprint density at radius 2 is 2.00 bits per heavy atom. The summed E-state index contributed by atoms with van der Waals surface area (Å²) in [5.74, 6) is -1.29. The molecule has 0 aliphatic heterocycles. The summed E-state index contributed by atoms with van der Waals surface area (Å²) in [5, 5.41) is 21.0. The second-order valence-corrected chi connectivity index (χ2v) is 6.43. The summed E-state index contributed by atoms with van der Waals surface area (Å²) >= 11 is 11.9. The molecule has 0 aliphatic rings. The van der Waals surface area contributed by atoms with Crippen molar-refractivity contribution < 1.29 is 19.2 Å². The smallest absolute Gasteiger partial charge is 0.350 e. The van der Waals surface area contributed by atoms with Crippen molar-refractivity contribution in [2.75, 3.05) is 0 Å². The van der Waals surface area contributed by atoms with Crippen LogP contribution in [0.3, 0.4) is 0 Å². The number of carbonyl (C=O) groups is 1. The number of hydrogen-bond acceptors (Lipinski definition) is 6. The van der Waals surface area contributed by atoms with Crippen LogP contribution in [0.1, 0.15) is 5.56 Å². The highest BCUT2D eigenvalue weighted by molar-refractivity contribution is 6.42. The Balaban J connectivity index is 1.88. The van der Waals surface area contributed by atoms with E-state index in [-0.39, 0.29) is 23.8 Å². The topological polar surface area (TPSA) is 119 Å². The third-order valence-corrected chi connectivity index (χ3v) is 4.42. The van der Waals surface area contributed by atoms with E-state index in [9.17, 15) is 20.0 Å². The van der Waals surface area contributed by atoms with Gasteiger partial charge in [0.05, 0.1) is 15.0 Å². The lowest BCUT2D eigenvalue weighted by Gasteiger charge is -2.01. The number of nitrogens with zero attached hydrogens (tertiary/aromatic N) is 3. The molecule has 0 unspecified atom stereocenters. The van der Waals surface area contributed by atoms with Gasteiger partial charge in [-0.25, -0.2) is 4.79 Å². The predicted octanol–water partition coefficient (Wildman–Crippen LogP) is 4.96. The van der Waals surface area contributed by atoms with Crippen LogP contribution in [0.15, 0.2) is 58.1 Å². The van der Waals surface area contributed by atoms with Gasteiger partial charge in [-0.1, -0.05) is 41.4 Å². The summed E-state index contributed by atoms with van der Waals surface area (Å²) in [7, 11) is 0. The number of carboxylic acid groups (broad SMARTS) is 1. The SMILES string of the molecule is O=C(O)C(Cc1cccc([N+](=O)[O-])c1)=Nc1nc(-c2ccc(Cl)c(Cl)c2)co1. The minimum atomic E-state index is -1.29. The highest BCUT2D eigenvalue weighted by atomic mass is 35.5. The second kappa shape index (κ2) is 8.20. The normalized spacial score (nSPS) is 11.4. The van der Waals surface area contributed by atoms with Crippen LogP contribution in [0.2, 0.25) is 10.0 Å². The third-order valence-electron chi connectivity index (χ3n) is 3.68. The van der Waals surface area contributed by atoms with Crippen LogP contribution in [0.25, 0.3) is 11.3 Å². The molecule has 1 N–H and O–H groups in total. The zero-order valence-corrected chi connectivity index (χ0v) is 15.5. The van der Waals surface area contributed by atoms with Gasteiger partial charge < -0.3 is 9.52 Å². The molecular formula is C18H11Cl2N3O5. The number of aromatic nitrogens is 1. The average molecular weight is 420 g/mol. The molecule has 0 radical (unpaired) electrons. The standard InChI is InChI=1S/C18H11Cl2N3O5/c19-13-5-4-11(8-14(13)20)16-9-28-18(22-16)21-15(17(24)25)7-10-2-1-3-12(6-10)23(26)27/h1-6,8-9H,7H2,(H,24,25). The lowest BCUT2D eigenvalue weighted by Crippen LogP contribution is -2.15. The van der Waals surface area contributed by atoms with Crippen LogP contribution >= 0.6 is 23.2 Å². The van der Waals surface area contributed by atoms with E-state index < -0.39 is 10.9 Å². The van der Waals surface area contributed by atoms with E-state index in [1.165, 1.54) is 24.5 Å². The summed E-state index contributed by atoms with van der Waals surface area (Å²) in [5.41, 5.74) is 1.03. The summed E-state index contributed by atoms with van der Waals surface area (Å²) in [6.07, 6.45) is 1.17. The van der Waals surface area contributed by atoms with E-state index in [0.717, 1.165) is 0 Å². The maximum Gasteiger partial charge on any atom is 0.350 e. The minimum absolute atomic E-state index is 0.137. The minimum Gasteiger partial charge on any atom is -0.477 e. The molecule has 10 heteroatoms. The van der Waals surface area contributed by atoms with E-state index >= 15 is 0 Å². The Hall–Kier alpha value is -3.23. The summed E-state index contributed by atoms with van der Waals surface area (Å²) < 4.78 is 5.22. The van der Waals surface area contributed by atoms with Crippen LogP contribution in [-0.4, -0.2) is 26.7 Å². The fourth-order valence-corrected chi connectivity index (χ4v) is 2.65. The molecule has 0 aliphatic carbocycles. The molecule has 0 bridgehead atoms. The number of benzene rings is 2. The number of aliphatic imine (C=N–C) groups is 1. The maximum absolute atomic E-state index is 11.5. The molecule has 1 heterocycles. The quantitative estimate of drug-likeness (QED) is 0.342. The zero-order valence-electron chi connectivity index (χ0n) is 14.0. The van der Waals surface area contributed by atoms with Crippen molar-refractivity contribution in [2.45, 2.75) is 6.42 Å². The fourth-order valence-electron chi connectivity index (χ4n) is 2.36. The molecule has 0 spiro atoms. The van der Waals surface area contributed by atoms with Gasteiger partial charge in [-0.15, -0.1) is 0 Å². The maximum atomic E-state index is 11.5. The Morgan fingerprint density at radius 3 is 2.68 bits per heavy atom. The van der Waals surface area contributed by atoms with Gasteiger partial charge in [0.15, 0.2) is 0 Å². The number of non-ortho nitro benzene ring substituents is 1. The molecule has 28 heavy (non-hydrogen) atoms. The third kappa shape index (κ3) is 4.54. The number of rotatable bonds is 6. The highest BCUT2D eigenvalue weighted by Crippen LogP contribution is 2.29. The highest BCUT2D eigenvalue weighted by Gasteiger charge is 2.16. The number of hydrogen-bond donors (Lipinski definition) is 1. The van der Waals surface area contributed by atoms with Crippen LogP contribution in [-0.2, 0) is 11.2 Å². The van der Waals surface area contributed by atoms with Crippen molar-refractivity contribution in [2.24, 2.45) is 4.99 Å². The largest absolute Gasteiger partial charge is 0.477 e. The van der Waals surface area contributed by atoms with Crippen LogP contribution in [0.4, 0.5) is 11.7 Å². The van der Waals surface area contributed by atoms with Crippen molar-refractivity contribution in [1.82, 2.24) is 4.98 Å². The van der Waals surface area contributed by atoms with Gasteiger partial charge in [0, 0.05) is 24.1 Å². The van der Waals surface area contributed by atoms with Crippen molar-refractivity contribution in [1.29, 1.82) is 0 Å². The van der Waals surface area contributed by atoms with Gasteiger partial charge in [0.2, 0.25) is 0 Å². The first-order chi connectivity index (χ1) is 13.3. The lowest BCUT2D eigenvalue weighted by atomic mass is 10.1. The van der Waals surface area contributed by atoms with E-state index in [1.54, 1.807) is 24.3 Å². The predicted molar refractivity (Wildman–Crippen MR) is 103 cm³/mol. The first kappa shape index (κ1) is 19.5. The molecule has 0 amide bonds. The molecular weight excluding hydrogens is 409 g/mol. The van der Waals surface area contributed by atoms with Crippen molar-refractivity contribution in [3.8, 4) is 11.3 Å². The number of oxazole rings is 1. The second-order valence-electron chi connectivity index (χ2n) is 5.61. The van der Waals surface area contributed by atoms with Gasteiger partial charge in [-0.2, -0.15) is 9.98 Å². The molecule has 3 aromatic rings. The zero-order chi connectivity index (χ0) is 20.3. The molecule has 0 fully saturated rings. The van der Waals surface area contributed by atoms with E-state index in [4.69, 9.17) is 27.6 Å². The van der Waals surface area contributed by atoms with Gasteiger partial charge in [0.1, 0.15) is 17.7 Å².